The average molecular weight is 267 g/mol. The lowest BCUT2D eigenvalue weighted by atomic mass is 9.98. The Kier molecular flexibility index (Phi) is 3.62. The van der Waals surface area contributed by atoms with Crippen LogP contribution in [0.25, 0.3) is 10.8 Å². The molecule has 2 heteroatoms. The summed E-state index contributed by atoms with van der Waals surface area (Å²) in [6.45, 7) is 0. The quantitative estimate of drug-likeness (QED) is 0.738. The van der Waals surface area contributed by atoms with Gasteiger partial charge in [-0.25, -0.2) is 0 Å². The van der Waals surface area contributed by atoms with E-state index in [1.165, 1.54) is 21.2 Å². The third-order valence-electron chi connectivity index (χ3n) is 3.54. The van der Waals surface area contributed by atoms with Crippen molar-refractivity contribution in [3.05, 3.63) is 70.4 Å². The molecule has 0 bridgehead atoms. The maximum Gasteiger partial charge on any atom is 0.0453 e. The van der Waals surface area contributed by atoms with Gasteiger partial charge < -0.3 is 5.32 Å². The fourth-order valence-corrected chi connectivity index (χ4v) is 3.36. The topological polar surface area (TPSA) is 12.0 Å². The van der Waals surface area contributed by atoms with E-state index < -0.39 is 0 Å². The summed E-state index contributed by atoms with van der Waals surface area (Å²) < 4.78 is 0. The molecule has 0 aliphatic carbocycles. The maximum atomic E-state index is 3.43. The second kappa shape index (κ2) is 5.55. The summed E-state index contributed by atoms with van der Waals surface area (Å²) in [6, 6.07) is 19.9. The Morgan fingerprint density at radius 3 is 2.63 bits per heavy atom. The minimum atomic E-state index is 0.394. The predicted octanol–water partition coefficient (Wildman–Crippen LogP) is 4.40. The summed E-state index contributed by atoms with van der Waals surface area (Å²) in [6.07, 6.45) is 1.03. The Balaban J connectivity index is 1.96. The van der Waals surface area contributed by atoms with Crippen LogP contribution >= 0.6 is 11.3 Å². The van der Waals surface area contributed by atoms with Crippen molar-refractivity contribution in [3.8, 4) is 0 Å². The highest BCUT2D eigenvalue weighted by molar-refractivity contribution is 7.10. The molecule has 0 radical (unpaired) electrons. The van der Waals surface area contributed by atoms with Gasteiger partial charge in [-0.05, 0) is 41.3 Å². The average Bonchev–Trinajstić information content (AvgIpc) is 2.99. The standard InChI is InChI=1S/C17H17NS/c1-18-16(17-10-5-11-19-17)12-14-8-4-7-13-6-2-3-9-15(13)14/h2-11,16,18H,12H2,1H3. The number of fused-ring (bicyclic) bond motifs is 1. The van der Waals surface area contributed by atoms with Gasteiger partial charge in [-0.1, -0.05) is 48.5 Å². The first-order valence-electron chi connectivity index (χ1n) is 6.56. The summed E-state index contributed by atoms with van der Waals surface area (Å²) in [5, 5.41) is 8.25. The molecule has 1 atom stereocenters. The van der Waals surface area contributed by atoms with Crippen LogP contribution in [0.5, 0.6) is 0 Å². The molecule has 3 aromatic rings. The lowest BCUT2D eigenvalue weighted by Gasteiger charge is -2.16. The maximum absolute atomic E-state index is 3.43. The Bertz CT molecular complexity index is 653. The van der Waals surface area contributed by atoms with Crippen LogP contribution in [0, 0.1) is 0 Å². The van der Waals surface area contributed by atoms with Crippen molar-refractivity contribution in [2.75, 3.05) is 7.05 Å². The number of rotatable bonds is 4. The van der Waals surface area contributed by atoms with Crippen molar-refractivity contribution in [2.45, 2.75) is 12.5 Å². The first-order valence-corrected chi connectivity index (χ1v) is 7.44. The Morgan fingerprint density at radius 2 is 1.84 bits per heavy atom. The lowest BCUT2D eigenvalue weighted by Crippen LogP contribution is -2.17. The Labute approximate surface area is 117 Å². The van der Waals surface area contributed by atoms with Crippen LogP contribution in [0.15, 0.2) is 60.0 Å². The SMILES string of the molecule is CNC(Cc1cccc2ccccc12)c1cccs1. The molecule has 0 saturated carbocycles. The van der Waals surface area contributed by atoms with Crippen LogP contribution < -0.4 is 5.32 Å². The molecule has 96 valence electrons. The Hall–Kier alpha value is -1.64. The van der Waals surface area contributed by atoms with Gasteiger partial charge in [0.2, 0.25) is 0 Å². The fraction of sp³-hybridized carbons (Fsp3) is 0.176. The first kappa shape index (κ1) is 12.4. The molecule has 0 saturated heterocycles. The van der Waals surface area contributed by atoms with Crippen molar-refractivity contribution in [1.82, 2.24) is 5.32 Å². The van der Waals surface area contributed by atoms with Crippen molar-refractivity contribution >= 4 is 22.1 Å². The number of hydrogen-bond donors (Lipinski definition) is 1. The normalized spacial score (nSPS) is 12.7. The lowest BCUT2D eigenvalue weighted by molar-refractivity contribution is 0.604. The third kappa shape index (κ3) is 2.55. The van der Waals surface area contributed by atoms with Crippen LogP contribution in [0.4, 0.5) is 0 Å². The van der Waals surface area contributed by atoms with Gasteiger partial charge in [-0.15, -0.1) is 11.3 Å². The number of hydrogen-bond acceptors (Lipinski definition) is 2. The minimum absolute atomic E-state index is 0.394. The van der Waals surface area contributed by atoms with Crippen LogP contribution in [0.1, 0.15) is 16.5 Å². The molecule has 0 aliphatic rings. The first-order chi connectivity index (χ1) is 9.38. The molecular weight excluding hydrogens is 250 g/mol. The largest absolute Gasteiger partial charge is 0.312 e. The molecule has 1 unspecified atom stereocenters. The third-order valence-corrected chi connectivity index (χ3v) is 4.53. The zero-order chi connectivity index (χ0) is 13.1. The van der Waals surface area contributed by atoms with Gasteiger partial charge in [-0.3, -0.25) is 0 Å². The van der Waals surface area contributed by atoms with Crippen LogP contribution in [0.3, 0.4) is 0 Å². The summed E-state index contributed by atoms with van der Waals surface area (Å²) >= 11 is 1.82. The summed E-state index contributed by atoms with van der Waals surface area (Å²) in [5.74, 6) is 0. The van der Waals surface area contributed by atoms with E-state index in [2.05, 4.69) is 65.3 Å². The highest BCUT2D eigenvalue weighted by atomic mass is 32.1. The molecule has 1 heterocycles. The van der Waals surface area contributed by atoms with Gasteiger partial charge in [0.25, 0.3) is 0 Å². The molecule has 1 N–H and O–H groups in total. The van der Waals surface area contributed by atoms with Crippen molar-refractivity contribution < 1.29 is 0 Å². The molecule has 0 amide bonds. The molecule has 1 nitrogen and oxygen atoms in total. The molecule has 0 aliphatic heterocycles. The second-order valence-electron chi connectivity index (χ2n) is 4.70. The highest BCUT2D eigenvalue weighted by Gasteiger charge is 2.12. The van der Waals surface area contributed by atoms with Gasteiger partial charge in [0.1, 0.15) is 0 Å². The number of likely N-dealkylation sites (N-methyl/N-ethyl adjacent to an activating group) is 1. The van der Waals surface area contributed by atoms with Gasteiger partial charge in [-0.2, -0.15) is 0 Å². The smallest absolute Gasteiger partial charge is 0.0453 e. The summed E-state index contributed by atoms with van der Waals surface area (Å²) in [7, 11) is 2.04. The van der Waals surface area contributed by atoms with E-state index in [1.807, 2.05) is 18.4 Å². The Morgan fingerprint density at radius 1 is 1.00 bits per heavy atom. The van der Waals surface area contributed by atoms with E-state index in [4.69, 9.17) is 0 Å². The monoisotopic (exact) mass is 267 g/mol. The van der Waals surface area contributed by atoms with Gasteiger partial charge in [0.15, 0.2) is 0 Å². The van der Waals surface area contributed by atoms with E-state index in [1.54, 1.807) is 0 Å². The van der Waals surface area contributed by atoms with E-state index >= 15 is 0 Å². The van der Waals surface area contributed by atoms with E-state index in [0.29, 0.717) is 6.04 Å². The molecule has 2 aromatic carbocycles. The summed E-state index contributed by atoms with van der Waals surface area (Å²) in [4.78, 5) is 1.40. The van der Waals surface area contributed by atoms with E-state index in [9.17, 15) is 0 Å². The van der Waals surface area contributed by atoms with Gasteiger partial charge in [0.05, 0.1) is 0 Å². The zero-order valence-corrected chi connectivity index (χ0v) is 11.8. The van der Waals surface area contributed by atoms with Gasteiger partial charge >= 0.3 is 0 Å². The zero-order valence-electron chi connectivity index (χ0n) is 11.0. The van der Waals surface area contributed by atoms with Crippen LogP contribution in [-0.2, 0) is 6.42 Å². The van der Waals surface area contributed by atoms with Crippen LogP contribution in [0.2, 0.25) is 0 Å². The fourth-order valence-electron chi connectivity index (χ4n) is 2.52. The minimum Gasteiger partial charge on any atom is -0.312 e. The van der Waals surface area contributed by atoms with Crippen molar-refractivity contribution in [2.24, 2.45) is 0 Å². The predicted molar refractivity (Wildman–Crippen MR) is 83.8 cm³/mol. The molecule has 0 fully saturated rings. The van der Waals surface area contributed by atoms with E-state index in [0.717, 1.165) is 6.42 Å². The molecule has 1 aromatic heterocycles. The molecule has 0 spiro atoms. The van der Waals surface area contributed by atoms with Crippen LogP contribution in [-0.4, -0.2) is 7.05 Å². The highest BCUT2D eigenvalue weighted by Crippen LogP contribution is 2.26. The number of nitrogens with one attached hydrogen (secondary N) is 1. The van der Waals surface area contributed by atoms with Gasteiger partial charge in [0, 0.05) is 10.9 Å². The van der Waals surface area contributed by atoms with Crippen molar-refractivity contribution in [3.63, 3.8) is 0 Å². The molecule has 3 rings (SSSR count). The number of thiophene rings is 1. The molecule has 19 heavy (non-hydrogen) atoms. The summed E-state index contributed by atoms with van der Waals surface area (Å²) in [5.41, 5.74) is 1.41. The number of benzene rings is 2. The molecular formula is C17H17NS. The van der Waals surface area contributed by atoms with Crippen molar-refractivity contribution in [1.29, 1.82) is 0 Å². The van der Waals surface area contributed by atoms with E-state index in [-0.39, 0.29) is 0 Å². The second-order valence-corrected chi connectivity index (χ2v) is 5.68.